The third-order valence-corrected chi connectivity index (χ3v) is 7.84. The zero-order valence-corrected chi connectivity index (χ0v) is 20.6. The monoisotopic (exact) mass is 469 g/mol. The van der Waals surface area contributed by atoms with Crippen molar-refractivity contribution in [1.82, 2.24) is 24.0 Å². The van der Waals surface area contributed by atoms with E-state index in [1.165, 1.54) is 10.6 Å². The summed E-state index contributed by atoms with van der Waals surface area (Å²) in [7, 11) is -1.65. The number of fused-ring (bicyclic) bond motifs is 1. The minimum Gasteiger partial charge on any atom is -0.339 e. The van der Waals surface area contributed by atoms with Crippen LogP contribution in [-0.2, 0) is 10.0 Å². The van der Waals surface area contributed by atoms with Gasteiger partial charge in [-0.15, -0.1) is 0 Å². The van der Waals surface area contributed by atoms with E-state index in [1.807, 2.05) is 60.7 Å². The molecule has 176 valence electrons. The number of sulfonamides is 1. The van der Waals surface area contributed by atoms with Crippen LogP contribution in [-0.4, -0.2) is 70.7 Å². The second-order valence-corrected chi connectivity index (χ2v) is 11.1. The van der Waals surface area contributed by atoms with Gasteiger partial charge >= 0.3 is 0 Å². The first-order valence-corrected chi connectivity index (χ1v) is 13.1. The third kappa shape index (κ3) is 4.52. The van der Waals surface area contributed by atoms with Gasteiger partial charge in [0.1, 0.15) is 0 Å². The number of rotatable bonds is 5. The number of aryl methyl sites for hydroxylation is 1. The molecule has 1 amide bonds. The van der Waals surface area contributed by atoms with Crippen LogP contribution in [0, 0.1) is 6.92 Å². The molecule has 8 nitrogen and oxygen atoms in total. The van der Waals surface area contributed by atoms with E-state index in [0.29, 0.717) is 37.1 Å². The number of likely N-dealkylation sites (tertiary alicyclic amines) is 1. The number of carbonyl (C=O) groups is 1. The summed E-state index contributed by atoms with van der Waals surface area (Å²) in [6.07, 6.45) is 4.16. The second kappa shape index (κ2) is 8.87. The standard InChI is InChI=1S/C24H31N5O3S/c1-16(2)29-23-21(15-25-29)20(14-22(26-23)19-9-7-6-8-17(19)3)24(30)28-12-10-18(11-13-28)27(4)33(5,31)32/h6-9,14-16,18H,10-13H2,1-5H3. The Morgan fingerprint density at radius 1 is 1.18 bits per heavy atom. The van der Waals surface area contributed by atoms with E-state index >= 15 is 0 Å². The van der Waals surface area contributed by atoms with E-state index in [4.69, 9.17) is 4.98 Å². The predicted molar refractivity (Wildman–Crippen MR) is 130 cm³/mol. The molecule has 3 aromatic rings. The molecule has 4 rings (SSSR count). The molecule has 1 aliphatic heterocycles. The molecule has 0 N–H and O–H groups in total. The van der Waals surface area contributed by atoms with Crippen molar-refractivity contribution >= 4 is 27.0 Å². The second-order valence-electron chi connectivity index (χ2n) is 9.09. The van der Waals surface area contributed by atoms with Gasteiger partial charge in [0.05, 0.1) is 29.1 Å². The van der Waals surface area contributed by atoms with Crippen LogP contribution in [0.3, 0.4) is 0 Å². The summed E-state index contributed by atoms with van der Waals surface area (Å²) < 4.78 is 27.1. The first-order chi connectivity index (χ1) is 15.6. The molecule has 33 heavy (non-hydrogen) atoms. The summed E-state index contributed by atoms with van der Waals surface area (Å²) in [5.74, 6) is -0.0685. The topological polar surface area (TPSA) is 88.4 Å². The summed E-state index contributed by atoms with van der Waals surface area (Å²) in [5, 5.41) is 5.25. The Bertz CT molecular complexity index is 1290. The molecule has 0 spiro atoms. The highest BCUT2D eigenvalue weighted by molar-refractivity contribution is 7.88. The van der Waals surface area contributed by atoms with E-state index in [9.17, 15) is 13.2 Å². The number of aromatic nitrogens is 3. The van der Waals surface area contributed by atoms with Gasteiger partial charge in [-0.25, -0.2) is 22.4 Å². The van der Waals surface area contributed by atoms with Crippen LogP contribution in [0.1, 0.15) is 48.7 Å². The quantitative estimate of drug-likeness (QED) is 0.571. The van der Waals surface area contributed by atoms with E-state index in [-0.39, 0.29) is 18.0 Å². The van der Waals surface area contributed by atoms with Gasteiger partial charge < -0.3 is 4.90 Å². The van der Waals surface area contributed by atoms with Crippen molar-refractivity contribution in [1.29, 1.82) is 0 Å². The number of nitrogens with zero attached hydrogens (tertiary/aromatic N) is 5. The molecule has 1 aromatic carbocycles. The normalized spacial score (nSPS) is 15.7. The van der Waals surface area contributed by atoms with Crippen LogP contribution in [0.25, 0.3) is 22.3 Å². The molecule has 0 bridgehead atoms. The zero-order valence-electron chi connectivity index (χ0n) is 19.8. The minimum atomic E-state index is -3.26. The van der Waals surface area contributed by atoms with Crippen molar-refractivity contribution in [3.05, 3.63) is 47.7 Å². The maximum atomic E-state index is 13.7. The van der Waals surface area contributed by atoms with Gasteiger partial charge in [-0.05, 0) is 45.2 Å². The summed E-state index contributed by atoms with van der Waals surface area (Å²) in [4.78, 5) is 20.4. The number of hydrogen-bond donors (Lipinski definition) is 0. The third-order valence-electron chi connectivity index (χ3n) is 6.50. The van der Waals surface area contributed by atoms with Gasteiger partial charge in [0.25, 0.3) is 5.91 Å². The van der Waals surface area contributed by atoms with Crippen molar-refractivity contribution in [3.8, 4) is 11.3 Å². The molecule has 3 heterocycles. The lowest BCUT2D eigenvalue weighted by molar-refractivity contribution is 0.0688. The molecular formula is C24H31N5O3S. The van der Waals surface area contributed by atoms with Gasteiger partial charge in [0, 0.05) is 37.8 Å². The highest BCUT2D eigenvalue weighted by Gasteiger charge is 2.30. The van der Waals surface area contributed by atoms with Crippen molar-refractivity contribution in [3.63, 3.8) is 0 Å². The Hall–Kier alpha value is -2.78. The lowest BCUT2D eigenvalue weighted by Gasteiger charge is -2.35. The number of piperidine rings is 1. The Morgan fingerprint density at radius 2 is 1.85 bits per heavy atom. The van der Waals surface area contributed by atoms with Crippen LogP contribution >= 0.6 is 0 Å². The van der Waals surface area contributed by atoms with Gasteiger partial charge in [0.2, 0.25) is 10.0 Å². The summed E-state index contributed by atoms with van der Waals surface area (Å²) >= 11 is 0. The molecular weight excluding hydrogens is 438 g/mol. The van der Waals surface area contributed by atoms with E-state index < -0.39 is 10.0 Å². The number of carbonyl (C=O) groups excluding carboxylic acids is 1. The number of benzene rings is 1. The molecule has 1 aliphatic rings. The molecule has 0 saturated carbocycles. The van der Waals surface area contributed by atoms with Crippen LogP contribution in [0.5, 0.6) is 0 Å². The number of hydrogen-bond acceptors (Lipinski definition) is 5. The van der Waals surface area contributed by atoms with E-state index in [1.54, 1.807) is 13.2 Å². The van der Waals surface area contributed by atoms with Gasteiger partial charge in [-0.2, -0.15) is 5.10 Å². The maximum absolute atomic E-state index is 13.7. The van der Waals surface area contributed by atoms with Crippen molar-refractivity contribution < 1.29 is 13.2 Å². The lowest BCUT2D eigenvalue weighted by Crippen LogP contribution is -2.47. The summed E-state index contributed by atoms with van der Waals surface area (Å²) in [5.41, 5.74) is 4.10. The fraction of sp³-hybridized carbons (Fsp3) is 0.458. The van der Waals surface area contributed by atoms with Crippen LogP contribution in [0.15, 0.2) is 36.5 Å². The first-order valence-electron chi connectivity index (χ1n) is 11.2. The molecule has 2 aromatic heterocycles. The van der Waals surface area contributed by atoms with Crippen molar-refractivity contribution in [2.24, 2.45) is 0 Å². The number of pyridine rings is 1. The molecule has 0 atom stereocenters. The summed E-state index contributed by atoms with van der Waals surface area (Å²) in [6, 6.07) is 9.89. The Kier molecular flexibility index (Phi) is 6.28. The highest BCUT2D eigenvalue weighted by Crippen LogP contribution is 2.30. The average Bonchev–Trinajstić information content (AvgIpc) is 3.21. The Balaban J connectivity index is 1.71. The molecule has 1 saturated heterocycles. The smallest absolute Gasteiger partial charge is 0.254 e. The lowest BCUT2D eigenvalue weighted by atomic mass is 10.0. The molecule has 0 unspecified atom stereocenters. The molecule has 1 fully saturated rings. The largest absolute Gasteiger partial charge is 0.339 e. The predicted octanol–water partition coefficient (Wildman–Crippen LogP) is 3.48. The van der Waals surface area contributed by atoms with Crippen LogP contribution in [0.4, 0.5) is 0 Å². The SMILES string of the molecule is Cc1ccccc1-c1cc(C(=O)N2CCC(N(C)S(C)(=O)=O)CC2)c2cnn(C(C)C)c2n1. The minimum absolute atomic E-state index is 0.0685. The average molecular weight is 470 g/mol. The van der Waals surface area contributed by atoms with Gasteiger partial charge in [-0.1, -0.05) is 24.3 Å². The Labute approximate surface area is 195 Å². The van der Waals surface area contributed by atoms with E-state index in [0.717, 1.165) is 22.2 Å². The highest BCUT2D eigenvalue weighted by atomic mass is 32.2. The number of amides is 1. The molecule has 0 radical (unpaired) electrons. The maximum Gasteiger partial charge on any atom is 0.254 e. The van der Waals surface area contributed by atoms with Crippen LogP contribution < -0.4 is 0 Å². The first kappa shape index (κ1) is 23.4. The summed E-state index contributed by atoms with van der Waals surface area (Å²) in [6.45, 7) is 7.13. The van der Waals surface area contributed by atoms with Crippen LogP contribution in [0.2, 0.25) is 0 Å². The van der Waals surface area contributed by atoms with Gasteiger partial charge in [0.15, 0.2) is 5.65 Å². The van der Waals surface area contributed by atoms with Crippen molar-refractivity contribution in [2.75, 3.05) is 26.4 Å². The zero-order chi connectivity index (χ0) is 23.9. The Morgan fingerprint density at radius 3 is 2.45 bits per heavy atom. The van der Waals surface area contributed by atoms with Gasteiger partial charge in [-0.3, -0.25) is 4.79 Å². The van der Waals surface area contributed by atoms with Crippen molar-refractivity contribution in [2.45, 2.75) is 45.7 Å². The fourth-order valence-electron chi connectivity index (χ4n) is 4.44. The molecule has 9 heteroatoms. The fourth-order valence-corrected chi connectivity index (χ4v) is 5.20. The molecule has 0 aliphatic carbocycles. The van der Waals surface area contributed by atoms with E-state index in [2.05, 4.69) is 5.10 Å².